The Bertz CT molecular complexity index is 580. The van der Waals surface area contributed by atoms with Gasteiger partial charge in [-0.25, -0.2) is 0 Å². The van der Waals surface area contributed by atoms with E-state index >= 15 is 0 Å². The predicted octanol–water partition coefficient (Wildman–Crippen LogP) is 3.68. The first-order chi connectivity index (χ1) is 8.58. The fourth-order valence-electron chi connectivity index (χ4n) is 1.22. The third kappa shape index (κ3) is 3.42. The van der Waals surface area contributed by atoms with Gasteiger partial charge in [0.2, 0.25) is 17.2 Å². The van der Waals surface area contributed by atoms with Gasteiger partial charge in [-0.2, -0.15) is 15.0 Å². The van der Waals surface area contributed by atoms with Crippen molar-refractivity contribution in [3.05, 3.63) is 31.5 Å². The van der Waals surface area contributed by atoms with Crippen molar-refractivity contribution in [3.63, 3.8) is 0 Å². The molecule has 1 aromatic heterocycles. The number of aromatic nitrogens is 3. The van der Waals surface area contributed by atoms with Gasteiger partial charge in [0, 0.05) is 20.8 Å². The molecule has 0 aliphatic heterocycles. The predicted molar refractivity (Wildman–Crippen MR) is 84.5 cm³/mol. The second-order valence-corrected chi connectivity index (χ2v) is 5.61. The molecule has 5 nitrogen and oxygen atoms in total. The Morgan fingerprint density at radius 1 is 1.22 bits per heavy atom. The summed E-state index contributed by atoms with van der Waals surface area (Å²) in [7, 11) is 1.72. The second kappa shape index (κ2) is 5.98. The summed E-state index contributed by atoms with van der Waals surface area (Å²) in [5.74, 6) is 0.821. The number of hydrogen-bond donors (Lipinski definition) is 2. The van der Waals surface area contributed by atoms with Crippen molar-refractivity contribution in [2.45, 2.75) is 0 Å². The molecule has 0 atom stereocenters. The molecule has 0 saturated carbocycles. The molecule has 0 saturated heterocycles. The molecule has 0 spiro atoms. The number of nitrogens with one attached hydrogen (secondary N) is 2. The highest BCUT2D eigenvalue weighted by molar-refractivity contribution is 14.1. The zero-order valence-corrected chi connectivity index (χ0v) is 13.7. The van der Waals surface area contributed by atoms with Gasteiger partial charge in [-0.1, -0.05) is 0 Å². The van der Waals surface area contributed by atoms with Crippen molar-refractivity contribution in [1.82, 2.24) is 15.0 Å². The van der Waals surface area contributed by atoms with E-state index in [1.807, 2.05) is 18.2 Å². The smallest absolute Gasteiger partial charge is 0.233 e. The van der Waals surface area contributed by atoms with Crippen LogP contribution < -0.4 is 10.6 Å². The molecule has 0 unspecified atom stereocenters. The van der Waals surface area contributed by atoms with Crippen LogP contribution in [-0.2, 0) is 0 Å². The van der Waals surface area contributed by atoms with Gasteiger partial charge in [0.1, 0.15) is 0 Å². The van der Waals surface area contributed by atoms with E-state index < -0.39 is 0 Å². The van der Waals surface area contributed by atoms with Crippen LogP contribution in [0.3, 0.4) is 0 Å². The summed E-state index contributed by atoms with van der Waals surface area (Å²) in [5, 5.41) is 6.04. The van der Waals surface area contributed by atoms with E-state index in [0.717, 1.165) is 13.7 Å². The van der Waals surface area contributed by atoms with E-state index in [1.54, 1.807) is 7.05 Å². The molecule has 0 aliphatic rings. The summed E-state index contributed by atoms with van der Waals surface area (Å²) in [6.45, 7) is 0. The average Bonchev–Trinajstić information content (AvgIpc) is 2.33. The Kier molecular flexibility index (Phi) is 4.57. The van der Waals surface area contributed by atoms with E-state index in [0.29, 0.717) is 11.9 Å². The van der Waals surface area contributed by atoms with Crippen LogP contribution in [-0.4, -0.2) is 22.0 Å². The number of hydrogen-bond acceptors (Lipinski definition) is 5. The van der Waals surface area contributed by atoms with Crippen LogP contribution in [0.15, 0.2) is 22.7 Å². The fraction of sp³-hybridized carbons (Fsp3) is 0.100. The lowest BCUT2D eigenvalue weighted by molar-refractivity contribution is 1.05. The van der Waals surface area contributed by atoms with Crippen LogP contribution in [0.25, 0.3) is 0 Å². The maximum Gasteiger partial charge on any atom is 0.233 e. The topological polar surface area (TPSA) is 62.7 Å². The Morgan fingerprint density at radius 3 is 2.61 bits per heavy atom. The van der Waals surface area contributed by atoms with Crippen LogP contribution in [0.1, 0.15) is 0 Å². The highest BCUT2D eigenvalue weighted by Crippen LogP contribution is 2.24. The third-order valence-electron chi connectivity index (χ3n) is 2.01. The van der Waals surface area contributed by atoms with E-state index in [4.69, 9.17) is 11.6 Å². The molecule has 0 radical (unpaired) electrons. The van der Waals surface area contributed by atoms with Crippen molar-refractivity contribution >= 4 is 67.7 Å². The van der Waals surface area contributed by atoms with Gasteiger partial charge in [0.05, 0.1) is 0 Å². The number of rotatable bonds is 3. The number of nitrogens with zero attached hydrogens (tertiary/aromatic N) is 3. The fourth-order valence-corrected chi connectivity index (χ4v) is 2.14. The lowest BCUT2D eigenvalue weighted by Crippen LogP contribution is -2.03. The van der Waals surface area contributed by atoms with Gasteiger partial charge in [0.15, 0.2) is 0 Å². The molecule has 0 aliphatic carbocycles. The first kappa shape index (κ1) is 13.8. The number of halogens is 3. The van der Waals surface area contributed by atoms with Crippen LogP contribution in [0.4, 0.5) is 17.6 Å². The summed E-state index contributed by atoms with van der Waals surface area (Å²) >= 11 is 11.5. The molecular weight excluding hydrogens is 432 g/mol. The molecule has 0 fully saturated rings. The van der Waals surface area contributed by atoms with Crippen molar-refractivity contribution in [2.75, 3.05) is 17.7 Å². The van der Waals surface area contributed by atoms with E-state index in [2.05, 4.69) is 64.1 Å². The molecular formula is C10H8BrClIN5. The summed E-state index contributed by atoms with van der Waals surface area (Å²) in [4.78, 5) is 12.1. The zero-order chi connectivity index (χ0) is 13.1. The van der Waals surface area contributed by atoms with Gasteiger partial charge < -0.3 is 10.6 Å². The van der Waals surface area contributed by atoms with Gasteiger partial charge in [-0.15, -0.1) is 0 Å². The molecule has 1 aromatic carbocycles. The van der Waals surface area contributed by atoms with Crippen molar-refractivity contribution in [2.24, 2.45) is 0 Å². The molecule has 1 heterocycles. The van der Waals surface area contributed by atoms with Crippen LogP contribution in [0.5, 0.6) is 0 Å². The van der Waals surface area contributed by atoms with E-state index in [-0.39, 0.29) is 5.28 Å². The lowest BCUT2D eigenvalue weighted by Gasteiger charge is -2.07. The summed E-state index contributed by atoms with van der Waals surface area (Å²) in [6.07, 6.45) is 0. The highest BCUT2D eigenvalue weighted by Gasteiger charge is 2.05. The standard InChI is InChI=1S/C10H8BrClIN5/c1-14-9-16-8(12)17-10(18-9)15-5-2-3-6(11)7(13)4-5/h2-4H,1H3,(H2,14,15,16,17,18). The van der Waals surface area contributed by atoms with Gasteiger partial charge >= 0.3 is 0 Å². The van der Waals surface area contributed by atoms with Crippen molar-refractivity contribution in [3.8, 4) is 0 Å². The molecule has 8 heteroatoms. The average molecular weight is 440 g/mol. The zero-order valence-electron chi connectivity index (χ0n) is 9.21. The normalized spacial score (nSPS) is 10.2. The van der Waals surface area contributed by atoms with Gasteiger partial charge in [-0.3, -0.25) is 0 Å². The Balaban J connectivity index is 2.27. The van der Waals surface area contributed by atoms with Crippen molar-refractivity contribution < 1.29 is 0 Å². The molecule has 2 aromatic rings. The Hall–Kier alpha value is -0.670. The van der Waals surface area contributed by atoms with Gasteiger partial charge in [0.25, 0.3) is 0 Å². The minimum atomic E-state index is 0.142. The molecule has 94 valence electrons. The van der Waals surface area contributed by atoms with Gasteiger partial charge in [-0.05, 0) is 68.3 Å². The Morgan fingerprint density at radius 2 is 1.94 bits per heavy atom. The van der Waals surface area contributed by atoms with E-state index in [1.165, 1.54) is 0 Å². The highest BCUT2D eigenvalue weighted by atomic mass is 127. The third-order valence-corrected chi connectivity index (χ3v) is 4.50. The molecule has 18 heavy (non-hydrogen) atoms. The van der Waals surface area contributed by atoms with E-state index in [9.17, 15) is 0 Å². The monoisotopic (exact) mass is 439 g/mol. The Labute approximate surface area is 131 Å². The van der Waals surface area contributed by atoms with Crippen LogP contribution in [0, 0.1) is 3.57 Å². The first-order valence-corrected chi connectivity index (χ1v) is 7.15. The minimum absolute atomic E-state index is 0.142. The lowest BCUT2D eigenvalue weighted by atomic mass is 10.3. The second-order valence-electron chi connectivity index (χ2n) is 3.26. The van der Waals surface area contributed by atoms with Crippen LogP contribution >= 0.6 is 50.1 Å². The van der Waals surface area contributed by atoms with Crippen molar-refractivity contribution in [1.29, 1.82) is 0 Å². The molecule has 2 rings (SSSR count). The maximum absolute atomic E-state index is 5.80. The summed E-state index contributed by atoms with van der Waals surface area (Å²) < 4.78 is 2.13. The summed E-state index contributed by atoms with van der Waals surface area (Å²) in [5.41, 5.74) is 0.881. The quantitative estimate of drug-likeness (QED) is 0.713. The van der Waals surface area contributed by atoms with Crippen LogP contribution in [0.2, 0.25) is 5.28 Å². The number of anilines is 3. The maximum atomic E-state index is 5.80. The molecule has 0 bridgehead atoms. The number of benzene rings is 1. The largest absolute Gasteiger partial charge is 0.357 e. The molecule has 0 amide bonds. The molecule has 2 N–H and O–H groups in total. The SMILES string of the molecule is CNc1nc(Cl)nc(Nc2ccc(Br)c(I)c2)n1. The summed E-state index contributed by atoms with van der Waals surface area (Å²) in [6, 6.07) is 5.84. The first-order valence-electron chi connectivity index (χ1n) is 4.90. The minimum Gasteiger partial charge on any atom is -0.357 e.